The number of nitrogens with zero attached hydrogens (tertiary/aromatic N) is 1. The van der Waals surface area contributed by atoms with Crippen LogP contribution in [0.4, 0.5) is 0 Å². The van der Waals surface area contributed by atoms with E-state index >= 15 is 0 Å². The van der Waals surface area contributed by atoms with E-state index in [2.05, 4.69) is 43.0 Å². The number of hydrogen-bond donors (Lipinski definition) is 1. The summed E-state index contributed by atoms with van der Waals surface area (Å²) in [5, 5.41) is 0. The average molecular weight is 262 g/mol. The van der Waals surface area contributed by atoms with Crippen LogP contribution in [0.25, 0.3) is 0 Å². The van der Waals surface area contributed by atoms with Crippen molar-refractivity contribution in [3.8, 4) is 0 Å². The van der Waals surface area contributed by atoms with Gasteiger partial charge in [0.1, 0.15) is 0 Å². The Bertz CT molecular complexity index is 370. The summed E-state index contributed by atoms with van der Waals surface area (Å²) in [6, 6.07) is 10.4. The number of hydrogen-bond acceptors (Lipinski definition) is 3. The van der Waals surface area contributed by atoms with Gasteiger partial charge in [-0.2, -0.15) is 0 Å². The highest BCUT2D eigenvalue weighted by Gasteiger charge is 2.27. The Morgan fingerprint density at radius 1 is 1.26 bits per heavy atom. The van der Waals surface area contributed by atoms with Crippen molar-refractivity contribution in [2.45, 2.75) is 38.3 Å². The molecule has 1 aliphatic heterocycles. The van der Waals surface area contributed by atoms with E-state index in [4.69, 9.17) is 10.5 Å². The third-order valence-corrected chi connectivity index (χ3v) is 3.92. The van der Waals surface area contributed by atoms with E-state index in [0.717, 1.165) is 39.1 Å². The molecule has 0 aliphatic carbocycles. The molecular weight excluding hydrogens is 236 g/mol. The summed E-state index contributed by atoms with van der Waals surface area (Å²) < 4.78 is 5.69. The lowest BCUT2D eigenvalue weighted by Gasteiger charge is -2.37. The molecule has 1 saturated heterocycles. The molecule has 1 unspecified atom stereocenters. The zero-order chi connectivity index (χ0) is 13.7. The molecule has 1 aliphatic rings. The second kappa shape index (κ2) is 6.51. The minimum absolute atomic E-state index is 0.278. The molecule has 3 heteroatoms. The van der Waals surface area contributed by atoms with Crippen LogP contribution >= 0.6 is 0 Å². The molecule has 2 N–H and O–H groups in total. The summed E-state index contributed by atoms with van der Waals surface area (Å²) in [5.41, 5.74) is 7.42. The minimum atomic E-state index is -0.278. The number of nitrogens with two attached hydrogens (primary N) is 1. The van der Waals surface area contributed by atoms with Gasteiger partial charge in [-0.3, -0.25) is 0 Å². The molecule has 106 valence electrons. The highest BCUT2D eigenvalue weighted by molar-refractivity contribution is 5.23. The van der Waals surface area contributed by atoms with E-state index < -0.39 is 0 Å². The zero-order valence-corrected chi connectivity index (χ0v) is 12.1. The Hall–Kier alpha value is -0.900. The van der Waals surface area contributed by atoms with Gasteiger partial charge in [0.25, 0.3) is 0 Å². The first-order valence-electron chi connectivity index (χ1n) is 7.30. The fourth-order valence-electron chi connectivity index (χ4n) is 2.84. The predicted molar refractivity (Wildman–Crippen MR) is 79.1 cm³/mol. The third-order valence-electron chi connectivity index (χ3n) is 3.92. The van der Waals surface area contributed by atoms with E-state index in [1.807, 2.05) is 6.07 Å². The average Bonchev–Trinajstić information content (AvgIpc) is 2.42. The van der Waals surface area contributed by atoms with Gasteiger partial charge in [-0.05, 0) is 32.3 Å². The highest BCUT2D eigenvalue weighted by Crippen LogP contribution is 2.21. The van der Waals surface area contributed by atoms with Gasteiger partial charge in [0.2, 0.25) is 0 Å². The fraction of sp³-hybridized carbons (Fsp3) is 0.625. The largest absolute Gasteiger partial charge is 0.378 e. The van der Waals surface area contributed by atoms with Crippen LogP contribution in [-0.4, -0.2) is 37.2 Å². The Morgan fingerprint density at radius 3 is 2.47 bits per heavy atom. The Labute approximate surface area is 116 Å². The van der Waals surface area contributed by atoms with Gasteiger partial charge in [-0.1, -0.05) is 30.3 Å². The SMILES string of the molecule is CCOC1CCN(CC(C)(N)c2ccccc2)CC1. The predicted octanol–water partition coefficient (Wildman–Crippen LogP) is 2.36. The number of likely N-dealkylation sites (tertiary alicyclic amines) is 1. The van der Waals surface area contributed by atoms with Gasteiger partial charge < -0.3 is 15.4 Å². The molecule has 0 aromatic heterocycles. The van der Waals surface area contributed by atoms with Crippen LogP contribution < -0.4 is 5.73 Å². The summed E-state index contributed by atoms with van der Waals surface area (Å²) in [6.07, 6.45) is 2.69. The van der Waals surface area contributed by atoms with Crippen molar-refractivity contribution in [2.24, 2.45) is 5.73 Å². The molecule has 0 amide bonds. The van der Waals surface area contributed by atoms with E-state index in [9.17, 15) is 0 Å². The first-order valence-corrected chi connectivity index (χ1v) is 7.30. The van der Waals surface area contributed by atoms with Crippen molar-refractivity contribution in [1.82, 2.24) is 4.90 Å². The number of benzene rings is 1. The van der Waals surface area contributed by atoms with E-state index in [1.54, 1.807) is 0 Å². The van der Waals surface area contributed by atoms with Crippen LogP contribution in [0.2, 0.25) is 0 Å². The molecule has 1 heterocycles. The lowest BCUT2D eigenvalue weighted by Crippen LogP contribution is -2.48. The van der Waals surface area contributed by atoms with Gasteiger partial charge in [0.05, 0.1) is 11.6 Å². The zero-order valence-electron chi connectivity index (χ0n) is 12.1. The normalized spacial score (nSPS) is 21.2. The first-order chi connectivity index (χ1) is 9.12. The summed E-state index contributed by atoms with van der Waals surface area (Å²) in [6.45, 7) is 8.10. The molecule has 3 nitrogen and oxygen atoms in total. The van der Waals surface area contributed by atoms with Crippen molar-refractivity contribution in [3.05, 3.63) is 35.9 Å². The standard InChI is InChI=1S/C16H26N2O/c1-3-19-15-9-11-18(12-10-15)13-16(2,17)14-7-5-4-6-8-14/h4-8,15H,3,9-13,17H2,1-2H3. The quantitative estimate of drug-likeness (QED) is 0.885. The number of ether oxygens (including phenoxy) is 1. The van der Waals surface area contributed by atoms with Crippen LogP contribution in [-0.2, 0) is 10.3 Å². The van der Waals surface area contributed by atoms with Gasteiger partial charge in [-0.15, -0.1) is 0 Å². The smallest absolute Gasteiger partial charge is 0.0599 e. The molecule has 1 aromatic carbocycles. The van der Waals surface area contributed by atoms with Crippen molar-refractivity contribution in [1.29, 1.82) is 0 Å². The molecule has 0 spiro atoms. The Kier molecular flexibility index (Phi) is 4.97. The summed E-state index contributed by atoms with van der Waals surface area (Å²) in [5.74, 6) is 0. The maximum atomic E-state index is 6.49. The van der Waals surface area contributed by atoms with E-state index in [1.165, 1.54) is 5.56 Å². The second-order valence-corrected chi connectivity index (χ2v) is 5.71. The summed E-state index contributed by atoms with van der Waals surface area (Å²) in [4.78, 5) is 2.46. The first kappa shape index (κ1) is 14.5. The maximum Gasteiger partial charge on any atom is 0.0599 e. The molecule has 1 atom stereocenters. The summed E-state index contributed by atoms with van der Waals surface area (Å²) in [7, 11) is 0. The van der Waals surface area contributed by atoms with Crippen molar-refractivity contribution in [2.75, 3.05) is 26.2 Å². The van der Waals surface area contributed by atoms with Crippen LogP contribution in [0, 0.1) is 0 Å². The lowest BCUT2D eigenvalue weighted by molar-refractivity contribution is 0.0100. The molecular formula is C16H26N2O. The lowest BCUT2D eigenvalue weighted by atomic mass is 9.91. The topological polar surface area (TPSA) is 38.5 Å². The minimum Gasteiger partial charge on any atom is -0.378 e. The molecule has 1 aromatic rings. The van der Waals surface area contributed by atoms with Crippen molar-refractivity contribution < 1.29 is 4.74 Å². The second-order valence-electron chi connectivity index (χ2n) is 5.71. The maximum absolute atomic E-state index is 6.49. The molecule has 0 saturated carbocycles. The molecule has 0 bridgehead atoms. The number of rotatable bonds is 5. The third kappa shape index (κ3) is 4.03. The van der Waals surface area contributed by atoms with Crippen LogP contribution in [0.3, 0.4) is 0 Å². The van der Waals surface area contributed by atoms with Crippen LogP contribution in [0.15, 0.2) is 30.3 Å². The fourth-order valence-corrected chi connectivity index (χ4v) is 2.84. The van der Waals surface area contributed by atoms with Gasteiger partial charge in [0, 0.05) is 26.2 Å². The van der Waals surface area contributed by atoms with Crippen molar-refractivity contribution >= 4 is 0 Å². The monoisotopic (exact) mass is 262 g/mol. The Balaban J connectivity index is 1.88. The van der Waals surface area contributed by atoms with Gasteiger partial charge in [0.15, 0.2) is 0 Å². The van der Waals surface area contributed by atoms with Gasteiger partial charge >= 0.3 is 0 Å². The molecule has 1 fully saturated rings. The van der Waals surface area contributed by atoms with Crippen molar-refractivity contribution in [3.63, 3.8) is 0 Å². The van der Waals surface area contributed by atoms with Crippen LogP contribution in [0.1, 0.15) is 32.3 Å². The van der Waals surface area contributed by atoms with Crippen LogP contribution in [0.5, 0.6) is 0 Å². The number of piperidine rings is 1. The molecule has 19 heavy (non-hydrogen) atoms. The summed E-state index contributed by atoms with van der Waals surface area (Å²) >= 11 is 0. The highest BCUT2D eigenvalue weighted by atomic mass is 16.5. The molecule has 0 radical (unpaired) electrons. The van der Waals surface area contributed by atoms with E-state index in [-0.39, 0.29) is 5.54 Å². The van der Waals surface area contributed by atoms with Gasteiger partial charge in [-0.25, -0.2) is 0 Å². The molecule has 2 rings (SSSR count). The van der Waals surface area contributed by atoms with E-state index in [0.29, 0.717) is 6.10 Å². The Morgan fingerprint density at radius 2 is 1.89 bits per heavy atom.